The van der Waals surface area contributed by atoms with Gasteiger partial charge in [0.25, 0.3) is 0 Å². The number of aromatic nitrogens is 2. The summed E-state index contributed by atoms with van der Waals surface area (Å²) in [7, 11) is 1.18. The zero-order valence-electron chi connectivity index (χ0n) is 14.0. The van der Waals surface area contributed by atoms with E-state index in [2.05, 4.69) is 9.84 Å². The smallest absolute Gasteiger partial charge is 0.416 e. The highest BCUT2D eigenvalue weighted by molar-refractivity contribution is 6.33. The van der Waals surface area contributed by atoms with E-state index in [0.717, 1.165) is 4.68 Å². The quantitative estimate of drug-likeness (QED) is 0.431. The molecular weight excluding hydrogens is 407 g/mol. The van der Waals surface area contributed by atoms with Crippen molar-refractivity contribution in [1.82, 2.24) is 9.78 Å². The Morgan fingerprint density at radius 2 is 1.75 bits per heavy atom. The van der Waals surface area contributed by atoms with Crippen molar-refractivity contribution in [3.63, 3.8) is 0 Å². The van der Waals surface area contributed by atoms with E-state index < -0.39 is 35.0 Å². The number of rotatable bonds is 3. The van der Waals surface area contributed by atoms with Crippen LogP contribution in [0.5, 0.6) is 0 Å². The standard InChI is InChI=1S/C18H10ClF5N2O2/c1-28-17(27)12-4-9(2-3-13(12)19)10-7-25-26(8-10)16-14(20)5-11(6-15(16)21)18(22,23)24/h2-8H,1H3. The van der Waals surface area contributed by atoms with Crippen LogP contribution in [0.4, 0.5) is 22.0 Å². The fourth-order valence-corrected chi connectivity index (χ4v) is 2.71. The number of carbonyl (C=O) groups is 1. The Balaban J connectivity index is 2.03. The van der Waals surface area contributed by atoms with Crippen molar-refractivity contribution < 1.29 is 31.5 Å². The van der Waals surface area contributed by atoms with E-state index in [1.54, 1.807) is 0 Å². The highest BCUT2D eigenvalue weighted by Crippen LogP contribution is 2.33. The highest BCUT2D eigenvalue weighted by atomic mass is 35.5. The number of alkyl halides is 3. The molecule has 1 heterocycles. The minimum absolute atomic E-state index is 0.0707. The maximum Gasteiger partial charge on any atom is 0.416 e. The maximum atomic E-state index is 14.1. The van der Waals surface area contributed by atoms with E-state index in [-0.39, 0.29) is 22.7 Å². The van der Waals surface area contributed by atoms with Crippen molar-refractivity contribution in [1.29, 1.82) is 0 Å². The number of hydrogen-bond acceptors (Lipinski definition) is 3. The molecule has 28 heavy (non-hydrogen) atoms. The second-order valence-corrected chi connectivity index (χ2v) is 6.05. The van der Waals surface area contributed by atoms with E-state index in [4.69, 9.17) is 11.6 Å². The molecule has 3 rings (SSSR count). The number of halogens is 6. The van der Waals surface area contributed by atoms with Crippen molar-refractivity contribution in [2.75, 3.05) is 7.11 Å². The molecule has 0 saturated carbocycles. The summed E-state index contributed by atoms with van der Waals surface area (Å²) in [6.45, 7) is 0. The van der Waals surface area contributed by atoms with Crippen LogP contribution in [-0.2, 0) is 10.9 Å². The number of hydrogen-bond donors (Lipinski definition) is 0. The fourth-order valence-electron chi connectivity index (χ4n) is 2.51. The molecule has 146 valence electrons. The number of methoxy groups -OCH3 is 1. The largest absolute Gasteiger partial charge is 0.465 e. The molecule has 0 spiro atoms. The SMILES string of the molecule is COC(=O)c1cc(-c2cnn(-c3c(F)cc(C(F)(F)F)cc3F)c2)ccc1Cl. The minimum atomic E-state index is -4.89. The number of benzene rings is 2. The first-order chi connectivity index (χ1) is 13.1. The molecule has 0 unspecified atom stereocenters. The van der Waals surface area contributed by atoms with Crippen molar-refractivity contribution >= 4 is 17.6 Å². The van der Waals surface area contributed by atoms with Crippen LogP contribution in [0.25, 0.3) is 16.8 Å². The fraction of sp³-hybridized carbons (Fsp3) is 0.111. The third-order valence-electron chi connectivity index (χ3n) is 3.86. The van der Waals surface area contributed by atoms with Gasteiger partial charge < -0.3 is 4.74 Å². The second kappa shape index (κ2) is 7.23. The van der Waals surface area contributed by atoms with Crippen molar-refractivity contribution in [3.8, 4) is 16.8 Å². The Bertz CT molecular complexity index is 1040. The van der Waals surface area contributed by atoms with Gasteiger partial charge in [0.15, 0.2) is 11.6 Å². The Kier molecular flexibility index (Phi) is 5.12. The number of nitrogens with zero attached hydrogens (tertiary/aromatic N) is 2. The molecule has 1 aromatic heterocycles. The highest BCUT2D eigenvalue weighted by Gasteiger charge is 2.33. The second-order valence-electron chi connectivity index (χ2n) is 5.65. The van der Waals surface area contributed by atoms with Crippen molar-refractivity contribution in [2.24, 2.45) is 0 Å². The summed E-state index contributed by atoms with van der Waals surface area (Å²) in [6.07, 6.45) is -2.44. The Morgan fingerprint density at radius 1 is 1.11 bits per heavy atom. The molecule has 0 aliphatic heterocycles. The van der Waals surface area contributed by atoms with Gasteiger partial charge in [-0.1, -0.05) is 17.7 Å². The number of esters is 1. The molecule has 0 atom stereocenters. The monoisotopic (exact) mass is 416 g/mol. The maximum absolute atomic E-state index is 14.1. The molecule has 10 heteroatoms. The lowest BCUT2D eigenvalue weighted by Gasteiger charge is -2.10. The van der Waals surface area contributed by atoms with Gasteiger partial charge in [-0.05, 0) is 29.8 Å². The third-order valence-corrected chi connectivity index (χ3v) is 4.19. The molecule has 0 amide bonds. The lowest BCUT2D eigenvalue weighted by atomic mass is 10.1. The lowest BCUT2D eigenvalue weighted by Crippen LogP contribution is -2.10. The van der Waals surface area contributed by atoms with E-state index >= 15 is 0 Å². The molecule has 0 saturated heterocycles. The van der Waals surface area contributed by atoms with Gasteiger partial charge in [-0.25, -0.2) is 18.3 Å². The first kappa shape index (κ1) is 19.8. The zero-order chi connectivity index (χ0) is 20.6. The minimum Gasteiger partial charge on any atom is -0.465 e. The first-order valence-corrected chi connectivity index (χ1v) is 7.99. The van der Waals surface area contributed by atoms with Crippen LogP contribution < -0.4 is 0 Å². The molecular formula is C18H10ClF5N2O2. The van der Waals surface area contributed by atoms with E-state index in [1.807, 2.05) is 0 Å². The van der Waals surface area contributed by atoms with Crippen LogP contribution in [0.1, 0.15) is 15.9 Å². The van der Waals surface area contributed by atoms with Crippen molar-refractivity contribution in [2.45, 2.75) is 6.18 Å². The average Bonchev–Trinajstić information content (AvgIpc) is 3.09. The van der Waals surface area contributed by atoms with Crippen molar-refractivity contribution in [3.05, 3.63) is 70.5 Å². The van der Waals surface area contributed by atoms with Gasteiger partial charge in [-0.15, -0.1) is 0 Å². The molecule has 0 N–H and O–H groups in total. The summed E-state index contributed by atoms with van der Waals surface area (Å²) in [5.41, 5.74) is -1.36. The summed E-state index contributed by atoms with van der Waals surface area (Å²) in [6, 6.07) is 4.75. The van der Waals surface area contributed by atoms with Crippen LogP contribution in [0.15, 0.2) is 42.7 Å². The topological polar surface area (TPSA) is 44.1 Å². The predicted molar refractivity (Wildman–Crippen MR) is 90.3 cm³/mol. The van der Waals surface area contributed by atoms with Gasteiger partial charge in [-0.3, -0.25) is 0 Å². The van der Waals surface area contributed by atoms with Gasteiger partial charge >= 0.3 is 12.1 Å². The van der Waals surface area contributed by atoms with Crippen LogP contribution in [0.2, 0.25) is 5.02 Å². The van der Waals surface area contributed by atoms with Gasteiger partial charge in [0, 0.05) is 11.8 Å². The normalized spacial score (nSPS) is 11.5. The number of carbonyl (C=O) groups excluding carboxylic acids is 1. The Hall–Kier alpha value is -2.94. The molecule has 0 bridgehead atoms. The van der Waals surface area contributed by atoms with Crippen LogP contribution in [0.3, 0.4) is 0 Å². The third kappa shape index (κ3) is 3.70. The van der Waals surface area contributed by atoms with Gasteiger partial charge in [-0.2, -0.15) is 18.3 Å². The van der Waals surface area contributed by atoms with Crippen LogP contribution >= 0.6 is 11.6 Å². The number of ether oxygens (including phenoxy) is 1. The zero-order valence-corrected chi connectivity index (χ0v) is 14.8. The van der Waals surface area contributed by atoms with Gasteiger partial charge in [0.05, 0.1) is 29.5 Å². The van der Waals surface area contributed by atoms with Gasteiger partial charge in [0.1, 0.15) is 5.69 Å². The molecule has 3 aromatic rings. The summed E-state index contributed by atoms with van der Waals surface area (Å²) in [5.74, 6) is -3.53. The van der Waals surface area contributed by atoms with E-state index in [9.17, 15) is 26.7 Å². The summed E-state index contributed by atoms with van der Waals surface area (Å²) < 4.78 is 71.6. The van der Waals surface area contributed by atoms with E-state index in [1.165, 1.54) is 37.7 Å². The van der Waals surface area contributed by atoms with Gasteiger partial charge in [0.2, 0.25) is 0 Å². The average molecular weight is 417 g/mol. The Morgan fingerprint density at radius 3 is 2.32 bits per heavy atom. The lowest BCUT2D eigenvalue weighted by molar-refractivity contribution is -0.138. The predicted octanol–water partition coefficient (Wildman–Crippen LogP) is 5.28. The summed E-state index contributed by atoms with van der Waals surface area (Å²) in [4.78, 5) is 11.7. The molecule has 0 fully saturated rings. The first-order valence-electron chi connectivity index (χ1n) is 7.61. The molecule has 0 aliphatic rings. The van der Waals surface area contributed by atoms with Crippen LogP contribution in [-0.4, -0.2) is 22.9 Å². The molecule has 4 nitrogen and oxygen atoms in total. The van der Waals surface area contributed by atoms with E-state index in [0.29, 0.717) is 11.1 Å². The summed E-state index contributed by atoms with van der Waals surface area (Å²) >= 11 is 5.94. The molecule has 0 radical (unpaired) electrons. The molecule has 2 aromatic carbocycles. The summed E-state index contributed by atoms with van der Waals surface area (Å²) in [5, 5.41) is 3.94. The van der Waals surface area contributed by atoms with Crippen LogP contribution in [0, 0.1) is 11.6 Å². The molecule has 0 aliphatic carbocycles. The Labute approximate surface area is 160 Å².